The first-order valence-corrected chi connectivity index (χ1v) is 9.16. The molecule has 0 saturated carbocycles. The van der Waals surface area contributed by atoms with Crippen LogP contribution in [0.5, 0.6) is 0 Å². The van der Waals surface area contributed by atoms with E-state index in [0.717, 1.165) is 36.2 Å². The van der Waals surface area contributed by atoms with Crippen molar-refractivity contribution in [2.45, 2.75) is 32.2 Å². The van der Waals surface area contributed by atoms with E-state index in [0.29, 0.717) is 23.7 Å². The normalized spacial score (nSPS) is 16.2. The lowest BCUT2D eigenvalue weighted by molar-refractivity contribution is 0.277. The highest BCUT2D eigenvalue weighted by atomic mass is 16.3. The quantitative estimate of drug-likeness (QED) is 0.743. The molecule has 1 unspecified atom stereocenters. The van der Waals surface area contributed by atoms with Crippen molar-refractivity contribution < 1.29 is 5.11 Å². The minimum atomic E-state index is -0.0836. The van der Waals surface area contributed by atoms with E-state index in [-0.39, 0.29) is 12.2 Å². The molecule has 2 heterocycles. The zero-order valence-electron chi connectivity index (χ0n) is 14.9. The van der Waals surface area contributed by atoms with Crippen molar-refractivity contribution in [3.63, 3.8) is 0 Å². The number of aliphatic hydroxyl groups is 1. The fourth-order valence-electron chi connectivity index (χ4n) is 3.85. The van der Waals surface area contributed by atoms with Gasteiger partial charge < -0.3 is 15.0 Å². The van der Waals surface area contributed by atoms with Crippen molar-refractivity contribution in [2.24, 2.45) is 0 Å². The Morgan fingerprint density at radius 2 is 2.12 bits per heavy atom. The maximum atomic E-state index is 12.5. The number of anilines is 1. The Morgan fingerprint density at radius 1 is 1.27 bits per heavy atom. The van der Waals surface area contributed by atoms with Crippen molar-refractivity contribution in [3.8, 4) is 0 Å². The lowest BCUT2D eigenvalue weighted by atomic mass is 9.99. The summed E-state index contributed by atoms with van der Waals surface area (Å²) in [7, 11) is 0. The Balaban J connectivity index is 1.66. The molecule has 4 rings (SSSR count). The Morgan fingerprint density at radius 3 is 2.92 bits per heavy atom. The summed E-state index contributed by atoms with van der Waals surface area (Å²) in [4.78, 5) is 22.4. The molecule has 0 aliphatic carbocycles. The molecule has 0 bridgehead atoms. The van der Waals surface area contributed by atoms with Gasteiger partial charge in [-0.25, -0.2) is 4.98 Å². The van der Waals surface area contributed by atoms with Gasteiger partial charge in [-0.3, -0.25) is 4.79 Å². The number of aromatic amines is 1. The van der Waals surface area contributed by atoms with Gasteiger partial charge in [0.05, 0.1) is 17.4 Å². The summed E-state index contributed by atoms with van der Waals surface area (Å²) < 4.78 is 0. The highest BCUT2D eigenvalue weighted by Crippen LogP contribution is 2.38. The molecule has 0 radical (unpaired) electrons. The predicted octanol–water partition coefficient (Wildman–Crippen LogP) is 2.97. The second-order valence-corrected chi connectivity index (χ2v) is 6.87. The number of para-hydroxylation sites is 1. The van der Waals surface area contributed by atoms with E-state index < -0.39 is 0 Å². The van der Waals surface area contributed by atoms with Crippen molar-refractivity contribution >= 4 is 16.6 Å². The summed E-state index contributed by atoms with van der Waals surface area (Å²) in [6.07, 6.45) is 1.64. The fourth-order valence-corrected chi connectivity index (χ4v) is 3.85. The number of hydrogen-bond donors (Lipinski definition) is 2. The number of aromatic nitrogens is 2. The number of H-pyrrole nitrogens is 1. The van der Waals surface area contributed by atoms with Crippen LogP contribution in [0.3, 0.4) is 0 Å². The lowest BCUT2D eigenvalue weighted by Crippen LogP contribution is -2.25. The summed E-state index contributed by atoms with van der Waals surface area (Å²) in [6.45, 7) is 3.64. The second kappa shape index (κ2) is 6.92. The van der Waals surface area contributed by atoms with Crippen LogP contribution >= 0.6 is 0 Å². The first-order valence-electron chi connectivity index (χ1n) is 9.16. The molecule has 5 nitrogen and oxygen atoms in total. The van der Waals surface area contributed by atoms with Crippen LogP contribution in [0.25, 0.3) is 10.9 Å². The SMILES string of the molecule is CCc1ccc2nc(CN3CC(CCO)c4ccccc43)[nH]c(=O)c2c1. The zero-order chi connectivity index (χ0) is 18.1. The number of aliphatic hydroxyl groups excluding tert-OH is 1. The van der Waals surface area contributed by atoms with E-state index in [1.165, 1.54) is 5.56 Å². The molecule has 0 spiro atoms. The maximum absolute atomic E-state index is 12.5. The maximum Gasteiger partial charge on any atom is 0.258 e. The van der Waals surface area contributed by atoms with E-state index in [1.807, 2.05) is 30.3 Å². The van der Waals surface area contributed by atoms with Gasteiger partial charge in [-0.15, -0.1) is 0 Å². The van der Waals surface area contributed by atoms with Crippen molar-refractivity contribution in [1.82, 2.24) is 9.97 Å². The van der Waals surface area contributed by atoms with Crippen LogP contribution in [0, 0.1) is 0 Å². The smallest absolute Gasteiger partial charge is 0.258 e. The van der Waals surface area contributed by atoms with Gasteiger partial charge in [-0.05, 0) is 42.2 Å². The van der Waals surface area contributed by atoms with Gasteiger partial charge in [0, 0.05) is 24.8 Å². The molecule has 134 valence electrons. The fraction of sp³-hybridized carbons (Fsp3) is 0.333. The molecular formula is C21H23N3O2. The Labute approximate surface area is 152 Å². The first kappa shape index (κ1) is 16.8. The van der Waals surface area contributed by atoms with Gasteiger partial charge in [0.2, 0.25) is 0 Å². The third-order valence-electron chi connectivity index (χ3n) is 5.20. The Bertz CT molecular complexity index is 996. The van der Waals surface area contributed by atoms with Gasteiger partial charge in [-0.2, -0.15) is 0 Å². The molecule has 2 N–H and O–H groups in total. The summed E-state index contributed by atoms with van der Waals surface area (Å²) in [5, 5.41) is 9.99. The van der Waals surface area contributed by atoms with Crippen LogP contribution < -0.4 is 10.5 Å². The summed E-state index contributed by atoms with van der Waals surface area (Å²) in [5.74, 6) is 0.988. The van der Waals surface area contributed by atoms with Crippen molar-refractivity contribution in [3.05, 3.63) is 69.8 Å². The van der Waals surface area contributed by atoms with Crippen LogP contribution in [0.15, 0.2) is 47.3 Å². The van der Waals surface area contributed by atoms with E-state index in [9.17, 15) is 9.90 Å². The molecule has 3 aromatic rings. The number of hydrogen-bond acceptors (Lipinski definition) is 4. The average molecular weight is 349 g/mol. The number of aryl methyl sites for hydroxylation is 1. The zero-order valence-corrected chi connectivity index (χ0v) is 14.9. The van der Waals surface area contributed by atoms with Crippen LogP contribution in [-0.2, 0) is 13.0 Å². The monoisotopic (exact) mass is 349 g/mol. The Hall–Kier alpha value is -2.66. The molecule has 1 atom stereocenters. The average Bonchev–Trinajstić information content (AvgIpc) is 3.00. The van der Waals surface area contributed by atoms with Crippen LogP contribution in [0.4, 0.5) is 5.69 Å². The molecule has 0 saturated heterocycles. The van der Waals surface area contributed by atoms with E-state index in [1.54, 1.807) is 0 Å². The minimum absolute atomic E-state index is 0.0836. The molecule has 5 heteroatoms. The highest BCUT2D eigenvalue weighted by Gasteiger charge is 2.28. The topological polar surface area (TPSA) is 69.2 Å². The molecule has 2 aromatic carbocycles. The lowest BCUT2D eigenvalue weighted by Gasteiger charge is -2.19. The van der Waals surface area contributed by atoms with Gasteiger partial charge in [0.15, 0.2) is 0 Å². The van der Waals surface area contributed by atoms with Gasteiger partial charge in [0.25, 0.3) is 5.56 Å². The number of nitrogens with zero attached hydrogens (tertiary/aromatic N) is 2. The minimum Gasteiger partial charge on any atom is -0.396 e. The second-order valence-electron chi connectivity index (χ2n) is 6.87. The molecule has 1 aromatic heterocycles. The molecule has 0 amide bonds. The molecule has 26 heavy (non-hydrogen) atoms. The standard InChI is InChI=1S/C21H23N3O2/c1-2-14-7-8-18-17(11-14)21(26)23-20(22-18)13-24-12-15(9-10-25)16-5-3-4-6-19(16)24/h3-8,11,15,25H,2,9-10,12-13H2,1H3,(H,22,23,26). The van der Waals surface area contributed by atoms with E-state index >= 15 is 0 Å². The molecule has 1 aliphatic rings. The summed E-state index contributed by atoms with van der Waals surface area (Å²) in [6, 6.07) is 14.2. The third-order valence-corrected chi connectivity index (χ3v) is 5.20. The molecule has 0 fully saturated rings. The number of nitrogens with one attached hydrogen (secondary N) is 1. The van der Waals surface area contributed by atoms with E-state index in [4.69, 9.17) is 0 Å². The summed E-state index contributed by atoms with van der Waals surface area (Å²) in [5.41, 5.74) is 4.21. The largest absolute Gasteiger partial charge is 0.396 e. The number of benzene rings is 2. The highest BCUT2D eigenvalue weighted by molar-refractivity contribution is 5.78. The molecular weight excluding hydrogens is 326 g/mol. The van der Waals surface area contributed by atoms with Gasteiger partial charge in [-0.1, -0.05) is 31.2 Å². The predicted molar refractivity (Wildman–Crippen MR) is 104 cm³/mol. The number of rotatable bonds is 5. The van der Waals surface area contributed by atoms with Gasteiger partial charge >= 0.3 is 0 Å². The third kappa shape index (κ3) is 2.99. The van der Waals surface area contributed by atoms with Crippen LogP contribution in [0.2, 0.25) is 0 Å². The van der Waals surface area contributed by atoms with E-state index in [2.05, 4.69) is 33.9 Å². The first-order chi connectivity index (χ1) is 12.7. The number of fused-ring (bicyclic) bond motifs is 2. The molecule has 1 aliphatic heterocycles. The van der Waals surface area contributed by atoms with Crippen molar-refractivity contribution in [1.29, 1.82) is 0 Å². The van der Waals surface area contributed by atoms with Crippen LogP contribution in [-0.4, -0.2) is 28.2 Å². The van der Waals surface area contributed by atoms with Gasteiger partial charge in [0.1, 0.15) is 5.82 Å². The Kier molecular flexibility index (Phi) is 4.47. The van der Waals surface area contributed by atoms with Crippen LogP contribution in [0.1, 0.15) is 36.2 Å². The van der Waals surface area contributed by atoms with Crippen molar-refractivity contribution in [2.75, 3.05) is 18.1 Å². The summed E-state index contributed by atoms with van der Waals surface area (Å²) >= 11 is 0.